The molecule has 0 fully saturated rings. The summed E-state index contributed by atoms with van der Waals surface area (Å²) in [6, 6.07) is 18.2. The van der Waals surface area contributed by atoms with Gasteiger partial charge in [-0.15, -0.1) is 23.1 Å². The number of benzene rings is 2. The number of nitrogens with zero attached hydrogens (tertiary/aromatic N) is 1. The Morgan fingerprint density at radius 2 is 1.92 bits per heavy atom. The molecule has 1 N–H and O–H groups in total. The van der Waals surface area contributed by atoms with Gasteiger partial charge in [-0.3, -0.25) is 4.79 Å². The van der Waals surface area contributed by atoms with E-state index in [4.69, 9.17) is 0 Å². The zero-order valence-corrected chi connectivity index (χ0v) is 16.4. The van der Waals surface area contributed by atoms with E-state index in [1.54, 1.807) is 23.1 Å². The molecule has 1 amide bonds. The molecule has 1 aromatic heterocycles. The Balaban J connectivity index is 1.54. The molecule has 26 heavy (non-hydrogen) atoms. The fourth-order valence-corrected chi connectivity index (χ4v) is 4.30. The molecule has 3 rings (SSSR count). The molecule has 134 valence electrons. The number of thioether (sulfide) groups is 1. The zero-order chi connectivity index (χ0) is 18.2. The maximum atomic E-state index is 12.6. The van der Waals surface area contributed by atoms with Gasteiger partial charge in [0.25, 0.3) is 5.91 Å². The van der Waals surface area contributed by atoms with Crippen LogP contribution in [-0.4, -0.2) is 17.4 Å². The number of hydrogen-bond acceptors (Lipinski definition) is 4. The van der Waals surface area contributed by atoms with Gasteiger partial charge in [0.05, 0.1) is 16.8 Å². The number of carbonyl (C=O) groups excluding carboxylic acids is 1. The Morgan fingerprint density at radius 1 is 1.15 bits per heavy atom. The minimum Gasteiger partial charge on any atom is -0.352 e. The first-order valence-corrected chi connectivity index (χ1v) is 10.6. The van der Waals surface area contributed by atoms with Crippen LogP contribution in [0.2, 0.25) is 0 Å². The van der Waals surface area contributed by atoms with E-state index in [2.05, 4.69) is 41.5 Å². The lowest BCUT2D eigenvalue weighted by Gasteiger charge is -2.13. The van der Waals surface area contributed by atoms with Gasteiger partial charge in [-0.1, -0.05) is 49.4 Å². The van der Waals surface area contributed by atoms with Crippen LogP contribution in [0.4, 0.5) is 0 Å². The van der Waals surface area contributed by atoms with E-state index in [-0.39, 0.29) is 5.91 Å². The van der Waals surface area contributed by atoms with Gasteiger partial charge in [0.1, 0.15) is 0 Å². The summed E-state index contributed by atoms with van der Waals surface area (Å²) >= 11 is 3.25. The van der Waals surface area contributed by atoms with Crippen LogP contribution in [0.15, 0.2) is 70.4 Å². The SMILES string of the molecule is CC(CCNC(=O)c1ccccc1SCc1cscn1)c1ccccc1. The largest absolute Gasteiger partial charge is 0.352 e. The number of nitrogens with one attached hydrogen (secondary N) is 1. The molecular weight excluding hydrogens is 360 g/mol. The Bertz CT molecular complexity index is 819. The van der Waals surface area contributed by atoms with Crippen LogP contribution in [0.1, 0.15) is 40.9 Å². The van der Waals surface area contributed by atoms with E-state index in [0.717, 1.165) is 28.3 Å². The van der Waals surface area contributed by atoms with Crippen molar-refractivity contribution in [3.8, 4) is 0 Å². The van der Waals surface area contributed by atoms with Gasteiger partial charge < -0.3 is 5.32 Å². The van der Waals surface area contributed by atoms with Crippen LogP contribution >= 0.6 is 23.1 Å². The molecule has 1 atom stereocenters. The summed E-state index contributed by atoms with van der Waals surface area (Å²) in [6.45, 7) is 2.86. The first-order chi connectivity index (χ1) is 12.7. The monoisotopic (exact) mass is 382 g/mol. The van der Waals surface area contributed by atoms with Crippen LogP contribution in [-0.2, 0) is 5.75 Å². The van der Waals surface area contributed by atoms with Gasteiger partial charge in [0.15, 0.2) is 0 Å². The van der Waals surface area contributed by atoms with Crippen molar-refractivity contribution in [2.45, 2.75) is 29.9 Å². The Morgan fingerprint density at radius 3 is 2.69 bits per heavy atom. The quantitative estimate of drug-likeness (QED) is 0.533. The van der Waals surface area contributed by atoms with E-state index >= 15 is 0 Å². The summed E-state index contributed by atoms with van der Waals surface area (Å²) in [4.78, 5) is 17.9. The molecule has 3 aromatic rings. The normalized spacial score (nSPS) is 11.9. The van der Waals surface area contributed by atoms with Crippen molar-refractivity contribution in [2.24, 2.45) is 0 Å². The fraction of sp³-hybridized carbons (Fsp3) is 0.238. The number of hydrogen-bond donors (Lipinski definition) is 1. The number of carbonyl (C=O) groups is 1. The van der Waals surface area contributed by atoms with E-state index in [1.807, 2.05) is 41.2 Å². The highest BCUT2D eigenvalue weighted by Crippen LogP contribution is 2.26. The highest BCUT2D eigenvalue weighted by atomic mass is 32.2. The van der Waals surface area contributed by atoms with E-state index in [0.29, 0.717) is 12.5 Å². The van der Waals surface area contributed by atoms with Crippen molar-refractivity contribution < 1.29 is 4.79 Å². The summed E-state index contributed by atoms with van der Waals surface area (Å²) < 4.78 is 0. The maximum absolute atomic E-state index is 12.6. The Labute approximate surface area is 162 Å². The Kier molecular flexibility index (Phi) is 6.86. The summed E-state index contributed by atoms with van der Waals surface area (Å²) in [6.07, 6.45) is 0.921. The molecule has 0 aliphatic carbocycles. The second-order valence-electron chi connectivity index (χ2n) is 6.12. The fourth-order valence-electron chi connectivity index (χ4n) is 2.69. The van der Waals surface area contributed by atoms with E-state index in [1.165, 1.54) is 5.56 Å². The van der Waals surface area contributed by atoms with E-state index < -0.39 is 0 Å². The summed E-state index contributed by atoms with van der Waals surface area (Å²) in [5.74, 6) is 1.19. The zero-order valence-electron chi connectivity index (χ0n) is 14.7. The van der Waals surface area contributed by atoms with Gasteiger partial charge in [0.2, 0.25) is 0 Å². The first-order valence-electron chi connectivity index (χ1n) is 8.66. The number of thiazole rings is 1. The lowest BCUT2D eigenvalue weighted by atomic mass is 9.98. The third-order valence-electron chi connectivity index (χ3n) is 4.22. The van der Waals surface area contributed by atoms with Crippen molar-refractivity contribution >= 4 is 29.0 Å². The van der Waals surface area contributed by atoms with Crippen LogP contribution in [0, 0.1) is 0 Å². The molecule has 0 bridgehead atoms. The number of aromatic nitrogens is 1. The van der Waals surface area contributed by atoms with Crippen LogP contribution in [0.3, 0.4) is 0 Å². The molecule has 1 heterocycles. The predicted octanol–water partition coefficient (Wildman–Crippen LogP) is 5.36. The Hall–Kier alpha value is -2.11. The van der Waals surface area contributed by atoms with Gasteiger partial charge in [-0.2, -0.15) is 0 Å². The minimum atomic E-state index is -0.00774. The van der Waals surface area contributed by atoms with Crippen molar-refractivity contribution in [3.05, 3.63) is 82.3 Å². The smallest absolute Gasteiger partial charge is 0.252 e. The van der Waals surface area contributed by atoms with Crippen molar-refractivity contribution in [1.29, 1.82) is 0 Å². The molecule has 0 saturated heterocycles. The van der Waals surface area contributed by atoms with Crippen molar-refractivity contribution in [1.82, 2.24) is 10.3 Å². The minimum absolute atomic E-state index is 0.00774. The molecule has 0 aliphatic rings. The molecule has 1 unspecified atom stereocenters. The molecule has 5 heteroatoms. The highest BCUT2D eigenvalue weighted by Gasteiger charge is 2.12. The summed E-state index contributed by atoms with van der Waals surface area (Å²) in [5.41, 5.74) is 4.93. The molecule has 0 radical (unpaired) electrons. The molecule has 0 saturated carbocycles. The average molecular weight is 383 g/mol. The average Bonchev–Trinajstić information content (AvgIpc) is 3.20. The number of rotatable bonds is 8. The predicted molar refractivity (Wildman–Crippen MR) is 110 cm³/mol. The van der Waals surface area contributed by atoms with Crippen LogP contribution in [0.5, 0.6) is 0 Å². The lowest BCUT2D eigenvalue weighted by molar-refractivity contribution is 0.0949. The second-order valence-corrected chi connectivity index (χ2v) is 7.86. The molecule has 0 aliphatic heterocycles. The second kappa shape index (κ2) is 9.55. The third kappa shape index (κ3) is 5.19. The van der Waals surface area contributed by atoms with Crippen molar-refractivity contribution in [2.75, 3.05) is 6.54 Å². The molecule has 2 aromatic carbocycles. The maximum Gasteiger partial charge on any atom is 0.252 e. The standard InChI is InChI=1S/C21H22N2OS2/c1-16(17-7-3-2-4-8-17)11-12-22-21(24)19-9-5-6-10-20(19)26-14-18-13-25-15-23-18/h2-10,13,15-16H,11-12,14H2,1H3,(H,22,24). The molecule has 0 spiro atoms. The third-order valence-corrected chi connectivity index (χ3v) is 5.96. The lowest BCUT2D eigenvalue weighted by Crippen LogP contribution is -2.25. The highest BCUT2D eigenvalue weighted by molar-refractivity contribution is 7.98. The van der Waals surface area contributed by atoms with Crippen LogP contribution in [0.25, 0.3) is 0 Å². The topological polar surface area (TPSA) is 42.0 Å². The van der Waals surface area contributed by atoms with E-state index in [9.17, 15) is 4.79 Å². The van der Waals surface area contributed by atoms with Gasteiger partial charge in [0, 0.05) is 22.6 Å². The van der Waals surface area contributed by atoms with Gasteiger partial charge in [-0.25, -0.2) is 4.98 Å². The molecule has 3 nitrogen and oxygen atoms in total. The van der Waals surface area contributed by atoms with Crippen LogP contribution < -0.4 is 5.32 Å². The van der Waals surface area contributed by atoms with Gasteiger partial charge in [-0.05, 0) is 30.0 Å². The molecular formula is C21H22N2OS2. The van der Waals surface area contributed by atoms with Gasteiger partial charge >= 0.3 is 0 Å². The number of amides is 1. The summed E-state index contributed by atoms with van der Waals surface area (Å²) in [5, 5.41) is 5.11. The summed E-state index contributed by atoms with van der Waals surface area (Å²) in [7, 11) is 0. The first kappa shape index (κ1) is 18.7. The van der Waals surface area contributed by atoms with Crippen molar-refractivity contribution in [3.63, 3.8) is 0 Å².